The summed E-state index contributed by atoms with van der Waals surface area (Å²) in [6, 6.07) is 21.6. The van der Waals surface area contributed by atoms with Crippen molar-refractivity contribution in [1.82, 2.24) is 0 Å². The molecule has 164 valence electrons. The van der Waals surface area contributed by atoms with Gasteiger partial charge in [-0.05, 0) is 47.5 Å². The molecule has 0 aliphatic carbocycles. The summed E-state index contributed by atoms with van der Waals surface area (Å²) in [7, 11) is -2.49. The summed E-state index contributed by atoms with van der Waals surface area (Å²) < 4.78 is 13.2. The van der Waals surface area contributed by atoms with Crippen molar-refractivity contribution in [1.29, 1.82) is 0 Å². The van der Waals surface area contributed by atoms with Crippen LogP contribution in [0.1, 0.15) is 53.9 Å². The third kappa shape index (κ3) is 4.88. The molecular formula is C26H38O3Si. The molecule has 1 aliphatic rings. The van der Waals surface area contributed by atoms with Crippen LogP contribution in [0.15, 0.2) is 60.7 Å². The van der Waals surface area contributed by atoms with Gasteiger partial charge in [-0.15, -0.1) is 0 Å². The maximum absolute atomic E-state index is 9.44. The van der Waals surface area contributed by atoms with E-state index in [1.807, 2.05) is 0 Å². The van der Waals surface area contributed by atoms with Crippen molar-refractivity contribution in [2.75, 3.05) is 13.2 Å². The lowest BCUT2D eigenvalue weighted by molar-refractivity contribution is -0.0617. The Morgan fingerprint density at radius 1 is 1.07 bits per heavy atom. The van der Waals surface area contributed by atoms with Gasteiger partial charge in [0, 0.05) is 6.61 Å². The molecule has 0 radical (unpaired) electrons. The highest BCUT2D eigenvalue weighted by Crippen LogP contribution is 2.39. The molecule has 3 nitrogen and oxygen atoms in total. The fourth-order valence-corrected chi connectivity index (χ4v) is 9.78. The van der Waals surface area contributed by atoms with Crippen molar-refractivity contribution in [2.45, 2.75) is 70.6 Å². The van der Waals surface area contributed by atoms with Crippen molar-refractivity contribution in [2.24, 2.45) is 5.92 Å². The van der Waals surface area contributed by atoms with Crippen molar-refractivity contribution >= 4 is 18.7 Å². The van der Waals surface area contributed by atoms with Crippen LogP contribution in [0.3, 0.4) is 0 Å². The SMILES string of the molecule is C[C@@H](CO[Si](c1ccccc1)(c1ccccc1)C(C)(C)C)C[C@@]1(C)CC[C@H](CO)O1. The third-order valence-corrected chi connectivity index (χ3v) is 11.4. The van der Waals surface area contributed by atoms with E-state index in [4.69, 9.17) is 9.16 Å². The molecule has 1 N–H and O–H groups in total. The van der Waals surface area contributed by atoms with Gasteiger partial charge < -0.3 is 14.3 Å². The Balaban J connectivity index is 1.87. The maximum Gasteiger partial charge on any atom is 0.261 e. The molecule has 3 rings (SSSR count). The maximum atomic E-state index is 9.44. The van der Waals surface area contributed by atoms with Crippen LogP contribution < -0.4 is 10.4 Å². The minimum absolute atomic E-state index is 0.00876. The molecule has 3 atom stereocenters. The molecule has 1 aliphatic heterocycles. The van der Waals surface area contributed by atoms with E-state index in [0.29, 0.717) is 12.5 Å². The van der Waals surface area contributed by atoms with Gasteiger partial charge in [-0.25, -0.2) is 0 Å². The number of hydrogen-bond acceptors (Lipinski definition) is 3. The number of hydrogen-bond donors (Lipinski definition) is 1. The summed E-state index contributed by atoms with van der Waals surface area (Å²) in [5.74, 6) is 0.370. The molecule has 0 unspecified atom stereocenters. The minimum atomic E-state index is -2.49. The zero-order valence-electron chi connectivity index (χ0n) is 19.2. The summed E-state index contributed by atoms with van der Waals surface area (Å²) in [5.41, 5.74) is -0.165. The number of aliphatic hydroxyl groups is 1. The highest BCUT2D eigenvalue weighted by Gasteiger charge is 2.50. The van der Waals surface area contributed by atoms with Gasteiger partial charge in [0.1, 0.15) is 0 Å². The number of ether oxygens (including phenoxy) is 1. The Labute approximate surface area is 183 Å². The van der Waals surface area contributed by atoms with Crippen LogP contribution in [-0.4, -0.2) is 38.3 Å². The molecule has 1 heterocycles. The average Bonchev–Trinajstić information content (AvgIpc) is 3.10. The molecule has 0 amide bonds. The molecule has 2 aromatic rings. The highest BCUT2D eigenvalue weighted by molar-refractivity contribution is 6.99. The molecule has 1 saturated heterocycles. The van der Waals surface area contributed by atoms with Gasteiger partial charge in [0.25, 0.3) is 8.32 Å². The van der Waals surface area contributed by atoms with E-state index in [1.165, 1.54) is 10.4 Å². The molecule has 4 heteroatoms. The fraction of sp³-hybridized carbons (Fsp3) is 0.538. The summed E-state index contributed by atoms with van der Waals surface area (Å²) >= 11 is 0. The average molecular weight is 427 g/mol. The van der Waals surface area contributed by atoms with Crippen LogP contribution in [0.2, 0.25) is 5.04 Å². The van der Waals surface area contributed by atoms with Crippen LogP contribution in [0, 0.1) is 5.92 Å². The van der Waals surface area contributed by atoms with Crippen molar-refractivity contribution in [3.8, 4) is 0 Å². The Kier molecular flexibility index (Phi) is 7.23. The predicted molar refractivity (Wildman–Crippen MR) is 127 cm³/mol. The van der Waals surface area contributed by atoms with Gasteiger partial charge in [0.15, 0.2) is 0 Å². The van der Waals surface area contributed by atoms with Crippen LogP contribution in [0.4, 0.5) is 0 Å². The molecule has 0 saturated carbocycles. The second kappa shape index (κ2) is 9.35. The van der Waals surface area contributed by atoms with Crippen molar-refractivity contribution < 1.29 is 14.3 Å². The Hall–Kier alpha value is -1.46. The Morgan fingerprint density at radius 3 is 2.03 bits per heavy atom. The zero-order chi connectivity index (χ0) is 21.8. The standard InChI is InChI=1S/C26H38O3Si/c1-21(18-26(5)17-16-22(19-27)29-26)20-28-30(25(2,3)4,23-12-8-6-9-13-23)24-14-10-7-11-15-24/h6-15,21-22,27H,16-20H2,1-5H3/t21-,22-,26-/m1/s1. The van der Waals surface area contributed by atoms with Gasteiger partial charge in [0.2, 0.25) is 0 Å². The largest absolute Gasteiger partial charge is 0.407 e. The van der Waals surface area contributed by atoms with E-state index in [-0.39, 0.29) is 23.4 Å². The van der Waals surface area contributed by atoms with Gasteiger partial charge in [-0.1, -0.05) is 88.4 Å². The van der Waals surface area contributed by atoms with Crippen LogP contribution in [0.5, 0.6) is 0 Å². The van der Waals surface area contributed by atoms with E-state index >= 15 is 0 Å². The summed E-state index contributed by atoms with van der Waals surface area (Å²) in [6.07, 6.45) is 2.87. The quantitative estimate of drug-likeness (QED) is 0.631. The predicted octanol–water partition coefficient (Wildman–Crippen LogP) is 4.52. The lowest BCUT2D eigenvalue weighted by atomic mass is 9.91. The lowest BCUT2D eigenvalue weighted by Crippen LogP contribution is -2.66. The highest BCUT2D eigenvalue weighted by atomic mass is 28.4. The molecular weight excluding hydrogens is 388 g/mol. The zero-order valence-corrected chi connectivity index (χ0v) is 20.2. The topological polar surface area (TPSA) is 38.7 Å². The first-order valence-electron chi connectivity index (χ1n) is 11.2. The molecule has 2 aromatic carbocycles. The number of rotatable bonds is 8. The minimum Gasteiger partial charge on any atom is -0.407 e. The van der Waals surface area contributed by atoms with Crippen LogP contribution in [-0.2, 0) is 9.16 Å². The monoisotopic (exact) mass is 426 g/mol. The van der Waals surface area contributed by atoms with Gasteiger partial charge in [-0.2, -0.15) is 0 Å². The van der Waals surface area contributed by atoms with E-state index in [2.05, 4.69) is 95.3 Å². The Morgan fingerprint density at radius 2 is 1.60 bits per heavy atom. The fourth-order valence-electron chi connectivity index (χ4n) is 5.09. The van der Waals surface area contributed by atoms with Crippen molar-refractivity contribution in [3.63, 3.8) is 0 Å². The first kappa shape index (κ1) is 23.2. The number of aliphatic hydroxyl groups excluding tert-OH is 1. The van der Waals surface area contributed by atoms with E-state index in [1.54, 1.807) is 0 Å². The Bertz CT molecular complexity index is 747. The normalized spacial score (nSPS) is 23.5. The smallest absolute Gasteiger partial charge is 0.261 e. The van der Waals surface area contributed by atoms with Crippen LogP contribution in [0.25, 0.3) is 0 Å². The van der Waals surface area contributed by atoms with Gasteiger partial charge in [0.05, 0.1) is 18.3 Å². The van der Waals surface area contributed by atoms with E-state index in [0.717, 1.165) is 19.3 Å². The third-order valence-electron chi connectivity index (χ3n) is 6.43. The number of benzene rings is 2. The molecule has 0 spiro atoms. The first-order valence-corrected chi connectivity index (χ1v) is 13.1. The van der Waals surface area contributed by atoms with E-state index < -0.39 is 8.32 Å². The summed E-state index contributed by atoms with van der Waals surface area (Å²) in [4.78, 5) is 0. The van der Waals surface area contributed by atoms with Gasteiger partial charge >= 0.3 is 0 Å². The van der Waals surface area contributed by atoms with Crippen LogP contribution >= 0.6 is 0 Å². The lowest BCUT2D eigenvalue weighted by Gasteiger charge is -2.44. The molecule has 0 bridgehead atoms. The molecule has 0 aromatic heterocycles. The summed E-state index contributed by atoms with van der Waals surface area (Å²) in [6.45, 7) is 12.2. The second-order valence-electron chi connectivity index (χ2n) is 10.2. The molecule has 30 heavy (non-hydrogen) atoms. The molecule has 1 fully saturated rings. The van der Waals surface area contributed by atoms with E-state index in [9.17, 15) is 5.11 Å². The van der Waals surface area contributed by atoms with Crippen molar-refractivity contribution in [3.05, 3.63) is 60.7 Å². The van der Waals surface area contributed by atoms with Gasteiger partial charge in [-0.3, -0.25) is 0 Å². The summed E-state index contributed by atoms with van der Waals surface area (Å²) in [5, 5.41) is 12.1. The second-order valence-corrected chi connectivity index (χ2v) is 14.5. The first-order chi connectivity index (χ1) is 14.2.